The lowest BCUT2D eigenvalue weighted by molar-refractivity contribution is -0.123. The van der Waals surface area contributed by atoms with E-state index < -0.39 is 17.3 Å². The topological polar surface area (TPSA) is 91.4 Å². The average Bonchev–Trinajstić information content (AvgIpc) is 3.09. The van der Waals surface area contributed by atoms with E-state index in [1.807, 2.05) is 25.1 Å². The van der Waals surface area contributed by atoms with Crippen LogP contribution in [0.2, 0.25) is 0 Å². The maximum atomic E-state index is 13.8. The molecular weight excluding hydrogens is 399 g/mol. The van der Waals surface area contributed by atoms with Gasteiger partial charge in [-0.1, -0.05) is 12.1 Å². The second-order valence-corrected chi connectivity index (χ2v) is 7.77. The first-order chi connectivity index (χ1) is 14.8. The molecule has 0 spiro atoms. The van der Waals surface area contributed by atoms with E-state index in [9.17, 15) is 9.18 Å². The predicted molar refractivity (Wildman–Crippen MR) is 118 cm³/mol. The van der Waals surface area contributed by atoms with Crippen molar-refractivity contribution in [1.82, 2.24) is 14.9 Å². The van der Waals surface area contributed by atoms with Crippen molar-refractivity contribution in [1.29, 1.82) is 0 Å². The quantitative estimate of drug-likeness (QED) is 0.484. The molecule has 0 aliphatic heterocycles. The molecule has 1 amide bonds. The van der Waals surface area contributed by atoms with Crippen LogP contribution in [-0.4, -0.2) is 41.3 Å². The van der Waals surface area contributed by atoms with E-state index in [0.717, 1.165) is 28.0 Å². The van der Waals surface area contributed by atoms with E-state index in [1.54, 1.807) is 26.0 Å². The summed E-state index contributed by atoms with van der Waals surface area (Å²) in [6, 6.07) is 10.7. The van der Waals surface area contributed by atoms with Crippen LogP contribution in [0.1, 0.15) is 26.6 Å². The smallest absolute Gasteiger partial charge is 0.237 e. The summed E-state index contributed by atoms with van der Waals surface area (Å²) in [6.45, 7) is 7.55. The lowest BCUT2D eigenvalue weighted by Gasteiger charge is -2.22. The lowest BCUT2D eigenvalue weighted by Crippen LogP contribution is -2.50. The second kappa shape index (κ2) is 9.45. The third-order valence-corrected chi connectivity index (χ3v) is 5.28. The molecule has 0 aliphatic rings. The Hall–Kier alpha value is -2.97. The normalized spacial score (nSPS) is 11.8. The first kappa shape index (κ1) is 22.7. The highest BCUT2D eigenvalue weighted by molar-refractivity contribution is 5.84. The maximum absolute atomic E-state index is 13.8. The fourth-order valence-corrected chi connectivity index (χ4v) is 3.26. The van der Waals surface area contributed by atoms with Gasteiger partial charge in [-0.25, -0.2) is 9.37 Å². The van der Waals surface area contributed by atoms with Crippen LogP contribution < -0.4 is 15.8 Å². The number of primary amides is 1. The van der Waals surface area contributed by atoms with Crippen LogP contribution in [0.5, 0.6) is 5.75 Å². The number of fused-ring (bicyclic) bond motifs is 1. The maximum Gasteiger partial charge on any atom is 0.237 e. The Morgan fingerprint density at radius 1 is 1.23 bits per heavy atom. The van der Waals surface area contributed by atoms with Crippen molar-refractivity contribution in [2.45, 2.75) is 39.4 Å². The number of rotatable bonds is 10. The molecule has 3 aromatic rings. The van der Waals surface area contributed by atoms with Gasteiger partial charge in [0.15, 0.2) is 11.6 Å². The molecule has 1 heterocycles. The molecule has 3 N–H and O–H groups in total. The number of amides is 1. The van der Waals surface area contributed by atoms with Gasteiger partial charge in [0.2, 0.25) is 5.91 Å². The number of benzene rings is 2. The van der Waals surface area contributed by atoms with E-state index >= 15 is 0 Å². The van der Waals surface area contributed by atoms with Crippen LogP contribution in [0.4, 0.5) is 4.39 Å². The average molecular weight is 429 g/mol. The molecule has 31 heavy (non-hydrogen) atoms. The molecule has 0 bridgehead atoms. The van der Waals surface area contributed by atoms with Crippen molar-refractivity contribution in [3.05, 3.63) is 48.0 Å². The van der Waals surface area contributed by atoms with Gasteiger partial charge in [0.25, 0.3) is 0 Å². The van der Waals surface area contributed by atoms with Gasteiger partial charge in [0, 0.05) is 13.2 Å². The molecule has 0 atom stereocenters. The SMILES string of the molecule is CCOCCn1c(CNC(C)(C)C(N)=O)nc2ccc(-c3ccc(F)c(OC)c3)cc21. The van der Waals surface area contributed by atoms with Gasteiger partial charge in [0.05, 0.1) is 36.8 Å². The number of nitrogens with two attached hydrogens (primary N) is 1. The summed E-state index contributed by atoms with van der Waals surface area (Å²) in [6.07, 6.45) is 0. The molecule has 0 radical (unpaired) electrons. The molecular formula is C23H29FN4O3. The van der Waals surface area contributed by atoms with Crippen molar-refractivity contribution >= 4 is 16.9 Å². The molecule has 2 aromatic carbocycles. The first-order valence-electron chi connectivity index (χ1n) is 10.2. The van der Waals surface area contributed by atoms with Crippen molar-refractivity contribution in [3.63, 3.8) is 0 Å². The summed E-state index contributed by atoms with van der Waals surface area (Å²) in [5, 5.41) is 3.18. The molecule has 166 valence electrons. The monoisotopic (exact) mass is 428 g/mol. The lowest BCUT2D eigenvalue weighted by atomic mass is 10.0. The standard InChI is InChI=1S/C23H29FN4O3/c1-5-31-11-10-28-19-12-15(16-6-8-17(24)20(13-16)30-4)7-9-18(19)27-21(28)14-26-23(2,3)22(25)29/h6-9,12-13,26H,5,10-11,14H2,1-4H3,(H2,25,29). The van der Waals surface area contributed by atoms with Gasteiger partial charge in [-0.2, -0.15) is 0 Å². The number of aromatic nitrogens is 2. The summed E-state index contributed by atoms with van der Waals surface area (Å²) in [5.74, 6) is 0.135. The minimum atomic E-state index is -0.862. The van der Waals surface area contributed by atoms with Gasteiger partial charge in [-0.15, -0.1) is 0 Å². The van der Waals surface area contributed by atoms with Gasteiger partial charge in [0.1, 0.15) is 5.82 Å². The van der Waals surface area contributed by atoms with E-state index in [0.29, 0.717) is 26.3 Å². The van der Waals surface area contributed by atoms with Crippen LogP contribution in [-0.2, 0) is 22.6 Å². The highest BCUT2D eigenvalue weighted by Crippen LogP contribution is 2.29. The summed E-state index contributed by atoms with van der Waals surface area (Å²) in [5.41, 5.74) is 8.12. The van der Waals surface area contributed by atoms with Crippen molar-refractivity contribution in [3.8, 4) is 16.9 Å². The molecule has 0 saturated heterocycles. The Morgan fingerprint density at radius 2 is 1.94 bits per heavy atom. The minimum Gasteiger partial charge on any atom is -0.494 e. The Balaban J connectivity index is 2.01. The zero-order valence-corrected chi connectivity index (χ0v) is 18.4. The third kappa shape index (κ3) is 5.03. The number of carbonyl (C=O) groups is 1. The zero-order chi connectivity index (χ0) is 22.6. The number of ether oxygens (including phenoxy) is 2. The van der Waals surface area contributed by atoms with Crippen molar-refractivity contribution in [2.75, 3.05) is 20.3 Å². The molecule has 0 aliphatic carbocycles. The van der Waals surface area contributed by atoms with Gasteiger partial charge >= 0.3 is 0 Å². The van der Waals surface area contributed by atoms with Crippen LogP contribution in [0.3, 0.4) is 0 Å². The Labute approximate surface area is 181 Å². The number of halogens is 1. The Morgan fingerprint density at radius 3 is 2.61 bits per heavy atom. The highest BCUT2D eigenvalue weighted by atomic mass is 19.1. The highest BCUT2D eigenvalue weighted by Gasteiger charge is 2.25. The fraction of sp³-hybridized carbons (Fsp3) is 0.391. The number of hydrogen-bond acceptors (Lipinski definition) is 5. The van der Waals surface area contributed by atoms with E-state index in [4.69, 9.17) is 20.2 Å². The van der Waals surface area contributed by atoms with Crippen LogP contribution in [0, 0.1) is 5.82 Å². The number of methoxy groups -OCH3 is 1. The van der Waals surface area contributed by atoms with E-state index in [-0.39, 0.29) is 5.75 Å². The zero-order valence-electron chi connectivity index (χ0n) is 18.4. The largest absolute Gasteiger partial charge is 0.494 e. The van der Waals surface area contributed by atoms with Crippen LogP contribution in [0.15, 0.2) is 36.4 Å². The number of imidazole rings is 1. The molecule has 3 rings (SSSR count). The van der Waals surface area contributed by atoms with Crippen LogP contribution in [0.25, 0.3) is 22.2 Å². The summed E-state index contributed by atoms with van der Waals surface area (Å²) in [7, 11) is 1.45. The third-order valence-electron chi connectivity index (χ3n) is 5.28. The van der Waals surface area contributed by atoms with Crippen molar-refractivity contribution < 1.29 is 18.7 Å². The van der Waals surface area contributed by atoms with Crippen LogP contribution >= 0.6 is 0 Å². The van der Waals surface area contributed by atoms with Gasteiger partial charge in [-0.3, -0.25) is 10.1 Å². The number of carbonyl (C=O) groups excluding carboxylic acids is 1. The predicted octanol–water partition coefficient (Wildman–Crippen LogP) is 3.24. The fourth-order valence-electron chi connectivity index (χ4n) is 3.26. The Kier molecular flexibility index (Phi) is 6.92. The number of nitrogens with one attached hydrogen (secondary N) is 1. The van der Waals surface area contributed by atoms with Gasteiger partial charge in [-0.05, 0) is 56.2 Å². The molecule has 1 aromatic heterocycles. The Bertz CT molecular complexity index is 1080. The van der Waals surface area contributed by atoms with Crippen molar-refractivity contribution in [2.24, 2.45) is 5.73 Å². The summed E-state index contributed by atoms with van der Waals surface area (Å²) >= 11 is 0. The summed E-state index contributed by atoms with van der Waals surface area (Å²) < 4.78 is 26.6. The number of nitrogens with zero attached hydrogens (tertiary/aromatic N) is 2. The molecule has 0 fully saturated rings. The second-order valence-electron chi connectivity index (χ2n) is 7.77. The number of hydrogen-bond donors (Lipinski definition) is 2. The van der Waals surface area contributed by atoms with Gasteiger partial charge < -0.3 is 19.8 Å². The molecule has 8 heteroatoms. The first-order valence-corrected chi connectivity index (χ1v) is 10.2. The minimum absolute atomic E-state index is 0.195. The molecule has 0 saturated carbocycles. The molecule has 7 nitrogen and oxygen atoms in total. The molecule has 0 unspecified atom stereocenters. The summed E-state index contributed by atoms with van der Waals surface area (Å²) in [4.78, 5) is 16.4. The van der Waals surface area contributed by atoms with E-state index in [1.165, 1.54) is 13.2 Å². The van der Waals surface area contributed by atoms with E-state index in [2.05, 4.69) is 9.88 Å².